The molecule has 0 spiro atoms. The molecule has 0 saturated carbocycles. The normalized spacial score (nSPS) is 10.4. The van der Waals surface area contributed by atoms with E-state index in [-0.39, 0.29) is 6.61 Å². The van der Waals surface area contributed by atoms with E-state index in [0.717, 1.165) is 23.4 Å². The van der Waals surface area contributed by atoms with Gasteiger partial charge in [0.2, 0.25) is 0 Å². The van der Waals surface area contributed by atoms with Crippen LogP contribution in [0.15, 0.2) is 48.5 Å². The molecule has 2 aromatic rings. The van der Waals surface area contributed by atoms with Crippen molar-refractivity contribution in [2.24, 2.45) is 5.73 Å². The molecule has 0 aromatic heterocycles. The standard InChI is InChI=1S/C16H20N2O/c17-11-9-13-5-7-15(8-6-13)18-16-4-2-1-3-14(16)10-12-19/h1-8,18-19H,9-12,17H2. The van der Waals surface area contributed by atoms with E-state index in [9.17, 15) is 0 Å². The Hall–Kier alpha value is -1.84. The maximum absolute atomic E-state index is 9.07. The van der Waals surface area contributed by atoms with E-state index < -0.39 is 0 Å². The van der Waals surface area contributed by atoms with Crippen LogP contribution in [-0.2, 0) is 12.8 Å². The summed E-state index contributed by atoms with van der Waals surface area (Å²) in [6, 6.07) is 16.3. The van der Waals surface area contributed by atoms with Crippen LogP contribution in [0.4, 0.5) is 11.4 Å². The lowest BCUT2D eigenvalue weighted by Crippen LogP contribution is -2.02. The first kappa shape index (κ1) is 13.6. The fraction of sp³-hybridized carbons (Fsp3) is 0.250. The van der Waals surface area contributed by atoms with Crippen molar-refractivity contribution in [2.45, 2.75) is 12.8 Å². The van der Waals surface area contributed by atoms with Gasteiger partial charge in [-0.3, -0.25) is 0 Å². The van der Waals surface area contributed by atoms with Gasteiger partial charge in [0.15, 0.2) is 0 Å². The van der Waals surface area contributed by atoms with Crippen LogP contribution < -0.4 is 11.1 Å². The summed E-state index contributed by atoms with van der Waals surface area (Å²) >= 11 is 0. The van der Waals surface area contributed by atoms with Crippen LogP contribution in [0.25, 0.3) is 0 Å². The van der Waals surface area contributed by atoms with Crippen molar-refractivity contribution in [3.05, 3.63) is 59.7 Å². The van der Waals surface area contributed by atoms with Crippen LogP contribution in [0, 0.1) is 0 Å². The van der Waals surface area contributed by atoms with Crippen LogP contribution in [-0.4, -0.2) is 18.3 Å². The lowest BCUT2D eigenvalue weighted by atomic mass is 10.1. The van der Waals surface area contributed by atoms with E-state index in [1.165, 1.54) is 5.56 Å². The predicted molar refractivity (Wildman–Crippen MR) is 79.7 cm³/mol. The monoisotopic (exact) mass is 256 g/mol. The molecular weight excluding hydrogens is 236 g/mol. The third kappa shape index (κ3) is 3.81. The zero-order chi connectivity index (χ0) is 13.5. The molecule has 0 bridgehead atoms. The van der Waals surface area contributed by atoms with E-state index in [2.05, 4.69) is 29.6 Å². The summed E-state index contributed by atoms with van der Waals surface area (Å²) < 4.78 is 0. The highest BCUT2D eigenvalue weighted by Crippen LogP contribution is 2.21. The van der Waals surface area contributed by atoms with Crippen LogP contribution in [0.1, 0.15) is 11.1 Å². The molecule has 0 fully saturated rings. The van der Waals surface area contributed by atoms with Gasteiger partial charge in [-0.1, -0.05) is 30.3 Å². The second-order valence-electron chi connectivity index (χ2n) is 4.49. The van der Waals surface area contributed by atoms with Crippen LogP contribution in [0.2, 0.25) is 0 Å². The molecular formula is C16H20N2O. The van der Waals surface area contributed by atoms with Gasteiger partial charge in [0.05, 0.1) is 0 Å². The topological polar surface area (TPSA) is 58.3 Å². The van der Waals surface area contributed by atoms with Crippen LogP contribution in [0.3, 0.4) is 0 Å². The van der Waals surface area contributed by atoms with Crippen molar-refractivity contribution >= 4 is 11.4 Å². The Bertz CT molecular complexity index is 508. The van der Waals surface area contributed by atoms with Gasteiger partial charge in [-0.15, -0.1) is 0 Å². The van der Waals surface area contributed by atoms with Crippen molar-refractivity contribution in [1.82, 2.24) is 0 Å². The second kappa shape index (κ2) is 6.92. The Balaban J connectivity index is 2.12. The van der Waals surface area contributed by atoms with E-state index in [1.54, 1.807) is 0 Å². The third-order valence-electron chi connectivity index (χ3n) is 3.06. The smallest absolute Gasteiger partial charge is 0.0472 e. The van der Waals surface area contributed by atoms with Gasteiger partial charge < -0.3 is 16.2 Å². The maximum Gasteiger partial charge on any atom is 0.0472 e. The van der Waals surface area contributed by atoms with Crippen LogP contribution >= 0.6 is 0 Å². The summed E-state index contributed by atoms with van der Waals surface area (Å²) in [5.74, 6) is 0. The Labute approximate surface area is 114 Å². The number of nitrogens with one attached hydrogen (secondary N) is 1. The van der Waals surface area contributed by atoms with Crippen molar-refractivity contribution in [3.8, 4) is 0 Å². The first-order valence-electron chi connectivity index (χ1n) is 6.58. The fourth-order valence-corrected chi connectivity index (χ4v) is 2.06. The minimum atomic E-state index is 0.161. The highest BCUT2D eigenvalue weighted by Gasteiger charge is 2.01. The fourth-order valence-electron chi connectivity index (χ4n) is 2.06. The van der Waals surface area contributed by atoms with Gasteiger partial charge in [-0.05, 0) is 48.7 Å². The molecule has 0 radical (unpaired) electrons. The second-order valence-corrected chi connectivity index (χ2v) is 4.49. The van der Waals surface area contributed by atoms with Gasteiger partial charge >= 0.3 is 0 Å². The number of aliphatic hydroxyl groups excluding tert-OH is 1. The largest absolute Gasteiger partial charge is 0.396 e. The summed E-state index contributed by atoms with van der Waals surface area (Å²) in [5, 5.41) is 12.5. The van der Waals surface area contributed by atoms with Gasteiger partial charge in [0.1, 0.15) is 0 Å². The number of anilines is 2. The van der Waals surface area contributed by atoms with Crippen molar-refractivity contribution < 1.29 is 5.11 Å². The number of hydrogen-bond donors (Lipinski definition) is 3. The molecule has 2 rings (SSSR count). The zero-order valence-electron chi connectivity index (χ0n) is 11.0. The zero-order valence-corrected chi connectivity index (χ0v) is 11.0. The first-order chi connectivity index (χ1) is 9.33. The van der Waals surface area contributed by atoms with Crippen LogP contribution in [0.5, 0.6) is 0 Å². The molecule has 0 saturated heterocycles. The number of rotatable bonds is 6. The van der Waals surface area contributed by atoms with Crippen molar-refractivity contribution in [1.29, 1.82) is 0 Å². The van der Waals surface area contributed by atoms with Crippen molar-refractivity contribution in [2.75, 3.05) is 18.5 Å². The summed E-state index contributed by atoms with van der Waals surface area (Å²) in [5.41, 5.74) is 10.00. The summed E-state index contributed by atoms with van der Waals surface area (Å²) in [6.07, 6.45) is 1.57. The number of benzene rings is 2. The Morgan fingerprint density at radius 2 is 1.68 bits per heavy atom. The number of hydrogen-bond acceptors (Lipinski definition) is 3. The first-order valence-corrected chi connectivity index (χ1v) is 6.58. The van der Waals surface area contributed by atoms with Gasteiger partial charge in [-0.2, -0.15) is 0 Å². The molecule has 0 aliphatic heterocycles. The average molecular weight is 256 g/mol. The lowest BCUT2D eigenvalue weighted by Gasteiger charge is -2.11. The highest BCUT2D eigenvalue weighted by atomic mass is 16.2. The van der Waals surface area contributed by atoms with Gasteiger partial charge in [-0.25, -0.2) is 0 Å². The molecule has 0 unspecified atom stereocenters. The number of aliphatic hydroxyl groups is 1. The molecule has 100 valence electrons. The van der Waals surface area contributed by atoms with E-state index >= 15 is 0 Å². The van der Waals surface area contributed by atoms with Gasteiger partial charge in [0.25, 0.3) is 0 Å². The molecule has 3 nitrogen and oxygen atoms in total. The Kier molecular flexibility index (Phi) is 4.95. The summed E-state index contributed by atoms with van der Waals surface area (Å²) in [4.78, 5) is 0. The molecule has 3 heteroatoms. The molecule has 0 aliphatic rings. The Morgan fingerprint density at radius 3 is 2.37 bits per heavy atom. The number of nitrogens with two attached hydrogens (primary N) is 1. The van der Waals surface area contributed by atoms with Gasteiger partial charge in [0, 0.05) is 18.0 Å². The molecule has 0 amide bonds. The molecule has 0 heterocycles. The Morgan fingerprint density at radius 1 is 0.947 bits per heavy atom. The predicted octanol–water partition coefficient (Wildman–Crippen LogP) is 2.47. The third-order valence-corrected chi connectivity index (χ3v) is 3.06. The highest BCUT2D eigenvalue weighted by molar-refractivity contribution is 5.63. The molecule has 0 atom stereocenters. The average Bonchev–Trinajstić information content (AvgIpc) is 2.44. The minimum absolute atomic E-state index is 0.161. The summed E-state index contributed by atoms with van der Waals surface area (Å²) in [6.45, 7) is 0.834. The molecule has 19 heavy (non-hydrogen) atoms. The number of para-hydroxylation sites is 1. The van der Waals surface area contributed by atoms with E-state index in [4.69, 9.17) is 10.8 Å². The SMILES string of the molecule is NCCc1ccc(Nc2ccccc2CCO)cc1. The van der Waals surface area contributed by atoms with E-state index in [0.29, 0.717) is 13.0 Å². The molecule has 0 aliphatic carbocycles. The van der Waals surface area contributed by atoms with Crippen molar-refractivity contribution in [3.63, 3.8) is 0 Å². The molecule has 4 N–H and O–H groups in total. The summed E-state index contributed by atoms with van der Waals surface area (Å²) in [7, 11) is 0. The quantitative estimate of drug-likeness (QED) is 0.744. The maximum atomic E-state index is 9.07. The molecule has 2 aromatic carbocycles. The minimum Gasteiger partial charge on any atom is -0.396 e. The van der Waals surface area contributed by atoms with E-state index in [1.807, 2.05) is 24.3 Å². The lowest BCUT2D eigenvalue weighted by molar-refractivity contribution is 0.300.